The van der Waals surface area contributed by atoms with Gasteiger partial charge >= 0.3 is 0 Å². The molecule has 0 aromatic heterocycles. The first-order valence-corrected chi connectivity index (χ1v) is 4.97. The highest BCUT2D eigenvalue weighted by atomic mass is 19.1. The van der Waals surface area contributed by atoms with Gasteiger partial charge in [-0.05, 0) is 17.7 Å². The van der Waals surface area contributed by atoms with Crippen LogP contribution in [-0.2, 0) is 0 Å². The Morgan fingerprint density at radius 2 is 1.53 bits per heavy atom. The van der Waals surface area contributed by atoms with Gasteiger partial charge in [-0.1, -0.05) is 12.1 Å². The lowest BCUT2D eigenvalue weighted by Gasteiger charge is -2.09. The van der Waals surface area contributed by atoms with Crippen LogP contribution in [0.25, 0.3) is 11.1 Å². The highest BCUT2D eigenvalue weighted by molar-refractivity contribution is 5.77. The molecule has 2 N–H and O–H groups in total. The fourth-order valence-electron chi connectivity index (χ4n) is 1.62. The molecular formula is C13H11FO3. The monoisotopic (exact) mass is 234 g/mol. The van der Waals surface area contributed by atoms with Gasteiger partial charge in [-0.25, -0.2) is 4.39 Å². The quantitative estimate of drug-likeness (QED) is 0.839. The first kappa shape index (κ1) is 11.3. The van der Waals surface area contributed by atoms with Gasteiger partial charge in [-0.2, -0.15) is 0 Å². The molecule has 0 radical (unpaired) electrons. The maximum absolute atomic E-state index is 12.8. The van der Waals surface area contributed by atoms with Gasteiger partial charge in [0.1, 0.15) is 23.1 Å². The van der Waals surface area contributed by atoms with E-state index in [1.54, 1.807) is 0 Å². The summed E-state index contributed by atoms with van der Waals surface area (Å²) in [7, 11) is 1.44. The van der Waals surface area contributed by atoms with E-state index in [2.05, 4.69) is 0 Å². The predicted octanol–water partition coefficient (Wildman–Crippen LogP) is 2.91. The number of phenolic OH excluding ortho intramolecular Hbond substituents is 2. The van der Waals surface area contributed by atoms with E-state index in [9.17, 15) is 14.6 Å². The van der Waals surface area contributed by atoms with Crippen LogP contribution in [-0.4, -0.2) is 17.3 Å². The lowest BCUT2D eigenvalue weighted by Crippen LogP contribution is -1.86. The highest BCUT2D eigenvalue weighted by Gasteiger charge is 2.12. The van der Waals surface area contributed by atoms with Crippen LogP contribution in [0.3, 0.4) is 0 Å². The van der Waals surface area contributed by atoms with E-state index < -0.39 is 0 Å². The number of phenols is 2. The molecule has 0 unspecified atom stereocenters. The molecular weight excluding hydrogens is 223 g/mol. The Hall–Kier alpha value is -2.23. The van der Waals surface area contributed by atoms with Gasteiger partial charge in [-0.15, -0.1) is 0 Å². The zero-order valence-corrected chi connectivity index (χ0v) is 9.14. The van der Waals surface area contributed by atoms with Crippen molar-refractivity contribution in [3.63, 3.8) is 0 Å². The Morgan fingerprint density at radius 1 is 1.00 bits per heavy atom. The van der Waals surface area contributed by atoms with Crippen molar-refractivity contribution >= 4 is 0 Å². The third kappa shape index (κ3) is 2.15. The second-order valence-corrected chi connectivity index (χ2v) is 3.55. The molecule has 0 aliphatic carbocycles. The highest BCUT2D eigenvalue weighted by Crippen LogP contribution is 2.40. The SMILES string of the molecule is COc1cc(O)c(-c2ccc(F)cc2)c(O)c1. The molecule has 88 valence electrons. The molecule has 0 bridgehead atoms. The molecule has 0 aliphatic heterocycles. The van der Waals surface area contributed by atoms with Crippen LogP contribution in [0.5, 0.6) is 17.2 Å². The molecule has 2 aromatic rings. The molecule has 0 amide bonds. The second kappa shape index (κ2) is 4.33. The number of methoxy groups -OCH3 is 1. The molecule has 0 saturated heterocycles. The smallest absolute Gasteiger partial charge is 0.130 e. The third-order valence-electron chi connectivity index (χ3n) is 2.44. The Kier molecular flexibility index (Phi) is 2.87. The maximum Gasteiger partial charge on any atom is 0.130 e. The van der Waals surface area contributed by atoms with E-state index in [0.29, 0.717) is 11.3 Å². The van der Waals surface area contributed by atoms with Crippen molar-refractivity contribution in [1.82, 2.24) is 0 Å². The van der Waals surface area contributed by atoms with Gasteiger partial charge in [0.15, 0.2) is 0 Å². The van der Waals surface area contributed by atoms with Crippen LogP contribution in [0.4, 0.5) is 4.39 Å². The van der Waals surface area contributed by atoms with Crippen LogP contribution in [0, 0.1) is 5.82 Å². The number of aromatic hydroxyl groups is 2. The average Bonchev–Trinajstić information content (AvgIpc) is 2.30. The molecule has 0 saturated carbocycles. The summed E-state index contributed by atoms with van der Waals surface area (Å²) >= 11 is 0. The first-order chi connectivity index (χ1) is 8.11. The Bertz CT molecular complexity index is 512. The molecule has 0 fully saturated rings. The lowest BCUT2D eigenvalue weighted by molar-refractivity contribution is 0.399. The van der Waals surface area contributed by atoms with E-state index >= 15 is 0 Å². The standard InChI is InChI=1S/C13H11FO3/c1-17-10-6-11(15)13(12(16)7-10)8-2-4-9(14)5-3-8/h2-7,15-16H,1H3. The van der Waals surface area contributed by atoms with Crippen LogP contribution in [0.2, 0.25) is 0 Å². The van der Waals surface area contributed by atoms with Crippen LogP contribution in [0.15, 0.2) is 36.4 Å². The molecule has 2 aromatic carbocycles. The summed E-state index contributed by atoms with van der Waals surface area (Å²) in [5.74, 6) is -0.256. The minimum atomic E-state index is -0.374. The normalized spacial score (nSPS) is 10.2. The van der Waals surface area contributed by atoms with Crippen molar-refractivity contribution in [3.05, 3.63) is 42.2 Å². The predicted molar refractivity (Wildman–Crippen MR) is 61.7 cm³/mol. The van der Waals surface area contributed by atoms with E-state index in [1.165, 1.54) is 43.5 Å². The summed E-state index contributed by atoms with van der Waals surface area (Å²) < 4.78 is 17.7. The van der Waals surface area contributed by atoms with Crippen LogP contribution < -0.4 is 4.74 Å². The zero-order valence-electron chi connectivity index (χ0n) is 9.14. The van der Waals surface area contributed by atoms with Gasteiger partial charge in [0.25, 0.3) is 0 Å². The minimum Gasteiger partial charge on any atom is -0.507 e. The fourth-order valence-corrected chi connectivity index (χ4v) is 1.62. The second-order valence-electron chi connectivity index (χ2n) is 3.55. The molecule has 4 heteroatoms. The van der Waals surface area contributed by atoms with E-state index in [-0.39, 0.29) is 22.9 Å². The fraction of sp³-hybridized carbons (Fsp3) is 0.0769. The molecule has 0 atom stereocenters. The number of hydrogen-bond donors (Lipinski definition) is 2. The minimum absolute atomic E-state index is 0.117. The molecule has 0 aliphatic rings. The largest absolute Gasteiger partial charge is 0.507 e. The van der Waals surface area contributed by atoms with E-state index in [0.717, 1.165) is 0 Å². The summed E-state index contributed by atoms with van der Waals surface area (Å²) in [6.07, 6.45) is 0. The Labute approximate surface area is 97.7 Å². The van der Waals surface area contributed by atoms with Crippen LogP contribution >= 0.6 is 0 Å². The van der Waals surface area contributed by atoms with Crippen molar-refractivity contribution < 1.29 is 19.3 Å². The van der Waals surface area contributed by atoms with Gasteiger partial charge < -0.3 is 14.9 Å². The Balaban J connectivity index is 2.55. The number of hydrogen-bond acceptors (Lipinski definition) is 3. The summed E-state index contributed by atoms with van der Waals surface area (Å²) in [6.45, 7) is 0. The maximum atomic E-state index is 12.8. The van der Waals surface area contributed by atoms with Gasteiger partial charge in [0.2, 0.25) is 0 Å². The van der Waals surface area contributed by atoms with E-state index in [1.807, 2.05) is 0 Å². The van der Waals surface area contributed by atoms with Crippen molar-refractivity contribution in [2.75, 3.05) is 7.11 Å². The summed E-state index contributed by atoms with van der Waals surface area (Å²) in [5, 5.41) is 19.6. The molecule has 0 spiro atoms. The lowest BCUT2D eigenvalue weighted by atomic mass is 10.0. The summed E-state index contributed by atoms with van der Waals surface area (Å²) in [5.41, 5.74) is 0.787. The number of rotatable bonds is 2. The Morgan fingerprint density at radius 3 is 2.00 bits per heavy atom. The molecule has 2 rings (SSSR count). The number of ether oxygens (including phenoxy) is 1. The topological polar surface area (TPSA) is 49.7 Å². The first-order valence-electron chi connectivity index (χ1n) is 4.97. The zero-order chi connectivity index (χ0) is 12.4. The molecule has 3 nitrogen and oxygen atoms in total. The van der Waals surface area contributed by atoms with Crippen LogP contribution in [0.1, 0.15) is 0 Å². The molecule has 0 heterocycles. The summed E-state index contributed by atoms with van der Waals surface area (Å²) in [6, 6.07) is 8.26. The average molecular weight is 234 g/mol. The van der Waals surface area contributed by atoms with Gasteiger partial charge in [-0.3, -0.25) is 0 Å². The number of benzene rings is 2. The van der Waals surface area contributed by atoms with Crippen molar-refractivity contribution in [2.24, 2.45) is 0 Å². The molecule has 17 heavy (non-hydrogen) atoms. The van der Waals surface area contributed by atoms with Crippen molar-refractivity contribution in [1.29, 1.82) is 0 Å². The van der Waals surface area contributed by atoms with Gasteiger partial charge in [0.05, 0.1) is 12.7 Å². The number of halogens is 1. The van der Waals surface area contributed by atoms with E-state index in [4.69, 9.17) is 4.74 Å². The third-order valence-corrected chi connectivity index (χ3v) is 2.44. The van der Waals surface area contributed by atoms with Crippen molar-refractivity contribution in [3.8, 4) is 28.4 Å². The van der Waals surface area contributed by atoms with Crippen molar-refractivity contribution in [2.45, 2.75) is 0 Å². The summed E-state index contributed by atoms with van der Waals surface area (Å²) in [4.78, 5) is 0. The van der Waals surface area contributed by atoms with Gasteiger partial charge in [0, 0.05) is 12.1 Å².